The molecule has 1 heterocycles. The Balaban J connectivity index is 1.44. The van der Waals surface area contributed by atoms with Crippen LogP contribution < -0.4 is 5.32 Å². The summed E-state index contributed by atoms with van der Waals surface area (Å²) >= 11 is 0. The molecule has 0 fully saturated rings. The molecule has 0 spiro atoms. The van der Waals surface area contributed by atoms with E-state index < -0.39 is 0 Å². The van der Waals surface area contributed by atoms with Crippen LogP contribution >= 0.6 is 0 Å². The van der Waals surface area contributed by atoms with Crippen molar-refractivity contribution in [1.29, 1.82) is 0 Å². The summed E-state index contributed by atoms with van der Waals surface area (Å²) < 4.78 is 18.1. The molecule has 6 heteroatoms. The average Bonchev–Trinajstić information content (AvgIpc) is 3.11. The van der Waals surface area contributed by atoms with Crippen molar-refractivity contribution in [1.82, 2.24) is 15.5 Å². The van der Waals surface area contributed by atoms with E-state index in [4.69, 9.17) is 4.52 Å². The van der Waals surface area contributed by atoms with E-state index in [0.717, 1.165) is 16.7 Å². The van der Waals surface area contributed by atoms with Crippen LogP contribution in [0.2, 0.25) is 0 Å². The van der Waals surface area contributed by atoms with Gasteiger partial charge in [0.05, 0.1) is 0 Å². The van der Waals surface area contributed by atoms with Gasteiger partial charge in [-0.2, -0.15) is 4.98 Å². The zero-order valence-corrected chi connectivity index (χ0v) is 14.5. The summed E-state index contributed by atoms with van der Waals surface area (Å²) in [4.78, 5) is 16.3. The molecule has 134 valence electrons. The van der Waals surface area contributed by atoms with E-state index in [1.165, 1.54) is 12.1 Å². The number of hydrogen-bond donors (Lipinski definition) is 1. The normalized spacial score (nSPS) is 10.7. The predicted molar refractivity (Wildman–Crippen MR) is 95.9 cm³/mol. The smallest absolute Gasteiger partial charge is 0.227 e. The molecule has 0 radical (unpaired) electrons. The number of hydrogen-bond acceptors (Lipinski definition) is 4. The van der Waals surface area contributed by atoms with Crippen molar-refractivity contribution in [2.45, 2.75) is 26.2 Å². The van der Waals surface area contributed by atoms with Crippen molar-refractivity contribution in [3.63, 3.8) is 0 Å². The molecule has 0 aliphatic heterocycles. The molecule has 0 bridgehead atoms. The lowest BCUT2D eigenvalue weighted by Crippen LogP contribution is -2.25. The maximum Gasteiger partial charge on any atom is 0.227 e. The number of carbonyl (C=O) groups is 1. The first-order valence-corrected chi connectivity index (χ1v) is 8.51. The lowest BCUT2D eigenvalue weighted by atomic mass is 10.1. The molecule has 0 atom stereocenters. The van der Waals surface area contributed by atoms with Crippen LogP contribution in [0.15, 0.2) is 53.1 Å². The molecule has 1 amide bonds. The quantitative estimate of drug-likeness (QED) is 0.706. The number of amides is 1. The summed E-state index contributed by atoms with van der Waals surface area (Å²) in [6, 6.07) is 14.1. The van der Waals surface area contributed by atoms with Crippen LogP contribution in [0, 0.1) is 12.7 Å². The first-order chi connectivity index (χ1) is 12.6. The summed E-state index contributed by atoms with van der Waals surface area (Å²) in [7, 11) is 0. The number of nitrogens with one attached hydrogen (secondary N) is 1. The summed E-state index contributed by atoms with van der Waals surface area (Å²) in [5.74, 6) is 0.625. The van der Waals surface area contributed by atoms with Crippen LogP contribution in [-0.4, -0.2) is 22.6 Å². The van der Waals surface area contributed by atoms with Crippen molar-refractivity contribution in [3.05, 3.63) is 71.4 Å². The number of nitrogens with zero attached hydrogens (tertiary/aromatic N) is 2. The van der Waals surface area contributed by atoms with Crippen molar-refractivity contribution in [2.75, 3.05) is 6.54 Å². The Bertz CT molecular complexity index is 875. The minimum absolute atomic E-state index is 0.0811. The van der Waals surface area contributed by atoms with E-state index >= 15 is 0 Å². The largest absolute Gasteiger partial charge is 0.356 e. The van der Waals surface area contributed by atoms with Gasteiger partial charge < -0.3 is 9.84 Å². The van der Waals surface area contributed by atoms with Crippen LogP contribution in [0.4, 0.5) is 4.39 Å². The monoisotopic (exact) mass is 353 g/mol. The fourth-order valence-electron chi connectivity index (χ4n) is 2.56. The average molecular weight is 353 g/mol. The molecular formula is C20H20FN3O2. The maximum atomic E-state index is 12.8. The Labute approximate surface area is 151 Å². The molecule has 5 nitrogen and oxygen atoms in total. The summed E-state index contributed by atoms with van der Waals surface area (Å²) in [6.07, 6.45) is 1.32. The molecule has 3 aromatic rings. The third-order valence-corrected chi connectivity index (χ3v) is 3.96. The van der Waals surface area contributed by atoms with Gasteiger partial charge in [0.2, 0.25) is 17.6 Å². The molecule has 1 aromatic heterocycles. The van der Waals surface area contributed by atoms with Gasteiger partial charge in [0.25, 0.3) is 0 Å². The molecule has 1 N–H and O–H groups in total. The molecule has 26 heavy (non-hydrogen) atoms. The predicted octanol–water partition coefficient (Wildman–Crippen LogP) is 3.48. The second-order valence-electron chi connectivity index (χ2n) is 6.11. The van der Waals surface area contributed by atoms with Gasteiger partial charge in [0.1, 0.15) is 5.82 Å². The minimum Gasteiger partial charge on any atom is -0.356 e. The number of carbonyl (C=O) groups excluding carboxylic acids is 1. The zero-order chi connectivity index (χ0) is 18.4. The Hall–Kier alpha value is -3.02. The van der Waals surface area contributed by atoms with Crippen molar-refractivity contribution in [3.8, 4) is 11.4 Å². The summed E-state index contributed by atoms with van der Waals surface area (Å²) in [5.41, 5.74) is 2.99. The highest BCUT2D eigenvalue weighted by molar-refractivity contribution is 5.76. The molecule has 2 aromatic carbocycles. The first-order valence-electron chi connectivity index (χ1n) is 8.51. The SMILES string of the molecule is Cc1cccc(-c2noc(CCC(=O)NCCc3ccc(F)cc3)n2)c1. The fourth-order valence-corrected chi connectivity index (χ4v) is 2.56. The van der Waals surface area contributed by atoms with E-state index in [9.17, 15) is 9.18 Å². The lowest BCUT2D eigenvalue weighted by molar-refractivity contribution is -0.121. The Morgan fingerprint density at radius 1 is 1.15 bits per heavy atom. The molecule has 0 unspecified atom stereocenters. The second kappa shape index (κ2) is 8.38. The van der Waals surface area contributed by atoms with Gasteiger partial charge in [-0.25, -0.2) is 4.39 Å². The van der Waals surface area contributed by atoms with Gasteiger partial charge >= 0.3 is 0 Å². The zero-order valence-electron chi connectivity index (χ0n) is 14.5. The summed E-state index contributed by atoms with van der Waals surface area (Å²) in [5, 5.41) is 6.81. The van der Waals surface area contributed by atoms with E-state index in [2.05, 4.69) is 15.5 Å². The van der Waals surface area contributed by atoms with Crippen LogP contribution in [0.1, 0.15) is 23.4 Å². The lowest BCUT2D eigenvalue weighted by Gasteiger charge is -2.04. The standard InChI is InChI=1S/C20H20FN3O2/c1-14-3-2-4-16(13-14)20-23-19(26-24-20)10-9-18(25)22-12-11-15-5-7-17(21)8-6-15/h2-8,13H,9-12H2,1H3,(H,22,25). The van der Waals surface area contributed by atoms with E-state index in [1.807, 2.05) is 31.2 Å². The summed E-state index contributed by atoms with van der Waals surface area (Å²) in [6.45, 7) is 2.50. The first kappa shape index (κ1) is 17.8. The molecule has 0 saturated carbocycles. The van der Waals surface area contributed by atoms with E-state index in [-0.39, 0.29) is 18.1 Å². The number of rotatable bonds is 7. The third-order valence-electron chi connectivity index (χ3n) is 3.96. The Kier molecular flexibility index (Phi) is 5.73. The van der Waals surface area contributed by atoms with Crippen LogP contribution in [0.5, 0.6) is 0 Å². The van der Waals surface area contributed by atoms with Gasteiger partial charge in [-0.05, 0) is 37.1 Å². The number of aromatic nitrogens is 2. The number of halogens is 1. The third kappa shape index (κ3) is 4.99. The van der Waals surface area contributed by atoms with Crippen molar-refractivity contribution in [2.24, 2.45) is 0 Å². The Morgan fingerprint density at radius 2 is 1.96 bits per heavy atom. The van der Waals surface area contributed by atoms with Gasteiger partial charge in [-0.15, -0.1) is 0 Å². The molecule has 3 rings (SSSR count). The van der Waals surface area contributed by atoms with Gasteiger partial charge in [0, 0.05) is 24.9 Å². The highest BCUT2D eigenvalue weighted by Gasteiger charge is 2.10. The minimum atomic E-state index is -0.262. The van der Waals surface area contributed by atoms with Gasteiger partial charge in [0.15, 0.2) is 0 Å². The Morgan fingerprint density at radius 3 is 2.73 bits per heavy atom. The van der Waals surface area contributed by atoms with E-state index in [1.54, 1.807) is 12.1 Å². The molecule has 0 saturated heterocycles. The number of aryl methyl sites for hydroxylation is 2. The van der Waals surface area contributed by atoms with Gasteiger partial charge in [-0.3, -0.25) is 4.79 Å². The van der Waals surface area contributed by atoms with E-state index in [0.29, 0.717) is 31.1 Å². The molecule has 0 aliphatic rings. The topological polar surface area (TPSA) is 68.0 Å². The fraction of sp³-hybridized carbons (Fsp3) is 0.250. The van der Waals surface area contributed by atoms with Crippen molar-refractivity contribution >= 4 is 5.91 Å². The molecule has 0 aliphatic carbocycles. The second-order valence-corrected chi connectivity index (χ2v) is 6.11. The van der Waals surface area contributed by atoms with Crippen molar-refractivity contribution < 1.29 is 13.7 Å². The molecular weight excluding hydrogens is 333 g/mol. The van der Waals surface area contributed by atoms with Crippen LogP contribution in [0.25, 0.3) is 11.4 Å². The van der Waals surface area contributed by atoms with Gasteiger partial charge in [-0.1, -0.05) is 41.1 Å². The highest BCUT2D eigenvalue weighted by Crippen LogP contribution is 2.17. The van der Waals surface area contributed by atoms with Crippen LogP contribution in [0.3, 0.4) is 0 Å². The highest BCUT2D eigenvalue weighted by atomic mass is 19.1. The number of benzene rings is 2. The van der Waals surface area contributed by atoms with Crippen LogP contribution in [-0.2, 0) is 17.6 Å². The maximum absolute atomic E-state index is 12.8.